The molecule has 0 aromatic heterocycles. The van der Waals surface area contributed by atoms with Crippen molar-refractivity contribution in [2.24, 2.45) is 0 Å². The zero-order valence-corrected chi connectivity index (χ0v) is 48.0. The van der Waals surface area contributed by atoms with Crippen LogP contribution in [-0.2, 0) is 28.9 Å². The average molecular weight is 1060 g/mol. The number of rotatable bonds is 55. The van der Waals surface area contributed by atoms with Crippen molar-refractivity contribution in [3.63, 3.8) is 0 Å². The first-order valence-electron chi connectivity index (χ1n) is 31.1. The standard InChI is InChI=1S/C60H117NO11S/c1-3-5-7-9-11-13-14-15-16-17-18-19-20-21-22-23-24-25-26-27-28-29-30-31-32-33-34-35-36-37-38-39-40-42-44-46-48-50-56(64)61-53(54(63)49-47-45-43-41-12-10-8-6-4-2)52-70-60-58(66)59(72-73(67,68)69)57(65)55(51-62)71-60/h47,49,53-55,57-60,62-63,65-66H,3-46,48,50-52H2,1-2H3,(H,61,64)(H,67,68,69)/b49-47+. The van der Waals surface area contributed by atoms with Crippen LogP contribution in [0, 0.1) is 0 Å². The topological polar surface area (TPSA) is 192 Å². The SMILES string of the molecule is CCCCCCCCC/C=C/C(O)C(COC1OC(CO)C(O)C(OS(=O)(=O)O)C1O)NC(=O)CCCCCCCCCCCCCCCCCCCCCCCCCCCCCCCCCCCCCCC. The van der Waals surface area contributed by atoms with E-state index in [1.54, 1.807) is 6.08 Å². The van der Waals surface area contributed by atoms with Crippen molar-refractivity contribution in [1.82, 2.24) is 5.32 Å². The number of allylic oxidation sites excluding steroid dienone is 1. The Morgan fingerprint density at radius 3 is 1.19 bits per heavy atom. The largest absolute Gasteiger partial charge is 0.397 e. The third-order valence-corrected chi connectivity index (χ3v) is 15.5. The minimum atomic E-state index is -5.08. The van der Waals surface area contributed by atoms with Gasteiger partial charge in [0, 0.05) is 6.42 Å². The molecule has 434 valence electrons. The predicted molar refractivity (Wildman–Crippen MR) is 301 cm³/mol. The van der Waals surface area contributed by atoms with Gasteiger partial charge in [-0.2, -0.15) is 8.42 Å². The van der Waals surface area contributed by atoms with E-state index in [1.807, 2.05) is 6.08 Å². The summed E-state index contributed by atoms with van der Waals surface area (Å²) in [5.41, 5.74) is 0. The van der Waals surface area contributed by atoms with Crippen molar-refractivity contribution in [2.75, 3.05) is 13.2 Å². The number of hydrogen-bond acceptors (Lipinski definition) is 10. The third-order valence-electron chi connectivity index (χ3n) is 15.1. The molecule has 7 unspecified atom stereocenters. The molecule has 7 atom stereocenters. The van der Waals surface area contributed by atoms with Gasteiger partial charge in [0.25, 0.3) is 0 Å². The van der Waals surface area contributed by atoms with Crippen LogP contribution in [0.5, 0.6) is 0 Å². The monoisotopic (exact) mass is 1060 g/mol. The summed E-state index contributed by atoms with van der Waals surface area (Å²) in [6, 6.07) is -0.938. The molecule has 1 rings (SSSR count). The van der Waals surface area contributed by atoms with E-state index in [-0.39, 0.29) is 18.9 Å². The highest BCUT2D eigenvalue weighted by Gasteiger charge is 2.48. The molecular formula is C60H117NO11S. The molecule has 0 saturated carbocycles. The van der Waals surface area contributed by atoms with E-state index < -0.39 is 59.9 Å². The van der Waals surface area contributed by atoms with Crippen LogP contribution in [0.25, 0.3) is 0 Å². The first-order chi connectivity index (χ1) is 35.5. The number of aliphatic hydroxyl groups excluding tert-OH is 4. The minimum absolute atomic E-state index is 0.259. The van der Waals surface area contributed by atoms with E-state index >= 15 is 0 Å². The Morgan fingerprint density at radius 2 is 0.863 bits per heavy atom. The summed E-state index contributed by atoms with van der Waals surface area (Å²) in [4.78, 5) is 13.1. The molecule has 1 fully saturated rings. The van der Waals surface area contributed by atoms with Crippen LogP contribution < -0.4 is 5.32 Å². The number of carbonyl (C=O) groups excluding carboxylic acids is 1. The van der Waals surface area contributed by atoms with Crippen molar-refractivity contribution in [3.8, 4) is 0 Å². The molecule has 0 bridgehead atoms. The minimum Gasteiger partial charge on any atom is -0.394 e. The first-order valence-corrected chi connectivity index (χ1v) is 32.4. The van der Waals surface area contributed by atoms with Gasteiger partial charge in [-0.15, -0.1) is 0 Å². The molecule has 73 heavy (non-hydrogen) atoms. The molecule has 0 aliphatic carbocycles. The van der Waals surface area contributed by atoms with Gasteiger partial charge in [-0.05, 0) is 19.3 Å². The summed E-state index contributed by atoms with van der Waals surface area (Å²) < 4.78 is 47.7. The fraction of sp³-hybridized carbons (Fsp3) is 0.950. The molecule has 1 aliphatic heterocycles. The number of nitrogens with one attached hydrogen (secondary N) is 1. The number of unbranched alkanes of at least 4 members (excludes halogenated alkanes) is 43. The van der Waals surface area contributed by atoms with Gasteiger partial charge in [0.2, 0.25) is 5.91 Å². The summed E-state index contributed by atoms with van der Waals surface area (Å²) in [5, 5.41) is 44.7. The molecular weight excluding hydrogens is 943 g/mol. The zero-order valence-electron chi connectivity index (χ0n) is 47.2. The van der Waals surface area contributed by atoms with Gasteiger partial charge in [-0.1, -0.05) is 296 Å². The number of carbonyl (C=O) groups is 1. The number of ether oxygens (including phenoxy) is 2. The smallest absolute Gasteiger partial charge is 0.394 e. The molecule has 1 amide bonds. The fourth-order valence-corrected chi connectivity index (χ4v) is 10.8. The third kappa shape index (κ3) is 42.5. The van der Waals surface area contributed by atoms with E-state index in [0.717, 1.165) is 44.9 Å². The van der Waals surface area contributed by atoms with Gasteiger partial charge in [-0.3, -0.25) is 9.35 Å². The summed E-state index contributed by atoms with van der Waals surface area (Å²) in [7, 11) is -5.08. The number of aliphatic hydroxyl groups is 4. The summed E-state index contributed by atoms with van der Waals surface area (Å²) >= 11 is 0. The molecule has 1 aliphatic rings. The summed E-state index contributed by atoms with van der Waals surface area (Å²) in [6.45, 7) is 3.39. The van der Waals surface area contributed by atoms with Gasteiger partial charge >= 0.3 is 10.4 Å². The van der Waals surface area contributed by atoms with E-state index in [9.17, 15) is 38.2 Å². The average Bonchev–Trinajstić information content (AvgIpc) is 3.37. The number of amides is 1. The second kappa shape index (κ2) is 50.4. The maximum absolute atomic E-state index is 13.1. The maximum Gasteiger partial charge on any atom is 0.397 e. The normalized spacial score (nSPS) is 19.2. The molecule has 0 radical (unpaired) electrons. The van der Waals surface area contributed by atoms with Crippen LogP contribution in [0.4, 0.5) is 0 Å². The summed E-state index contributed by atoms with van der Waals surface area (Å²) in [6.07, 6.45) is 53.3. The lowest BCUT2D eigenvalue weighted by molar-refractivity contribution is -0.298. The Morgan fingerprint density at radius 1 is 0.534 bits per heavy atom. The van der Waals surface area contributed by atoms with Crippen molar-refractivity contribution in [1.29, 1.82) is 0 Å². The summed E-state index contributed by atoms with van der Waals surface area (Å²) in [5.74, 6) is -0.259. The first kappa shape index (κ1) is 69.9. The van der Waals surface area contributed by atoms with Gasteiger partial charge in [-0.25, -0.2) is 4.18 Å². The molecule has 0 aromatic carbocycles. The molecule has 1 saturated heterocycles. The van der Waals surface area contributed by atoms with E-state index in [1.165, 1.54) is 238 Å². The highest BCUT2D eigenvalue weighted by molar-refractivity contribution is 7.80. The van der Waals surface area contributed by atoms with Crippen LogP contribution >= 0.6 is 0 Å². The second-order valence-electron chi connectivity index (χ2n) is 22.0. The quantitative estimate of drug-likeness (QED) is 0.0193. The van der Waals surface area contributed by atoms with Crippen LogP contribution in [0.2, 0.25) is 0 Å². The van der Waals surface area contributed by atoms with Crippen molar-refractivity contribution in [3.05, 3.63) is 12.2 Å². The maximum atomic E-state index is 13.1. The van der Waals surface area contributed by atoms with Crippen LogP contribution in [0.1, 0.15) is 309 Å². The van der Waals surface area contributed by atoms with Crippen molar-refractivity contribution >= 4 is 16.3 Å². The van der Waals surface area contributed by atoms with Gasteiger partial charge in [0.05, 0.1) is 25.4 Å². The van der Waals surface area contributed by atoms with Crippen LogP contribution in [-0.4, -0.2) is 95.4 Å². The highest BCUT2D eigenvalue weighted by Crippen LogP contribution is 2.26. The lowest BCUT2D eigenvalue weighted by Gasteiger charge is -2.41. The second-order valence-corrected chi connectivity index (χ2v) is 23.1. The molecule has 1 heterocycles. The lowest BCUT2D eigenvalue weighted by Crippen LogP contribution is -2.61. The van der Waals surface area contributed by atoms with Crippen LogP contribution in [0.3, 0.4) is 0 Å². The Kier molecular flexibility index (Phi) is 48.2. The Bertz CT molecular complexity index is 1340. The fourth-order valence-electron chi connectivity index (χ4n) is 10.3. The highest BCUT2D eigenvalue weighted by atomic mass is 32.3. The molecule has 13 heteroatoms. The molecule has 6 N–H and O–H groups in total. The Labute approximate surface area is 449 Å². The zero-order chi connectivity index (χ0) is 53.3. The predicted octanol–water partition coefficient (Wildman–Crippen LogP) is 15.0. The number of hydrogen-bond donors (Lipinski definition) is 6. The molecule has 12 nitrogen and oxygen atoms in total. The van der Waals surface area contributed by atoms with Gasteiger partial charge in [0.1, 0.15) is 24.4 Å². The van der Waals surface area contributed by atoms with E-state index in [0.29, 0.717) is 6.42 Å². The van der Waals surface area contributed by atoms with Crippen molar-refractivity contribution < 1.29 is 51.8 Å². The van der Waals surface area contributed by atoms with Crippen molar-refractivity contribution in [2.45, 2.75) is 352 Å². The van der Waals surface area contributed by atoms with E-state index in [4.69, 9.17) is 9.47 Å². The van der Waals surface area contributed by atoms with Gasteiger partial charge < -0.3 is 35.2 Å². The van der Waals surface area contributed by atoms with E-state index in [2.05, 4.69) is 23.3 Å². The van der Waals surface area contributed by atoms with Crippen LogP contribution in [0.15, 0.2) is 12.2 Å². The van der Waals surface area contributed by atoms with Gasteiger partial charge in [0.15, 0.2) is 6.29 Å². The Balaban J connectivity index is 2.09. The Hall–Kier alpha value is -1.16. The lowest BCUT2D eigenvalue weighted by atomic mass is 9.99. The molecule has 0 spiro atoms. The molecule has 0 aromatic rings.